The van der Waals surface area contributed by atoms with E-state index in [4.69, 9.17) is 4.74 Å². The molecule has 1 aromatic rings. The maximum Gasteiger partial charge on any atom is 0.240 e. The van der Waals surface area contributed by atoms with Gasteiger partial charge in [0, 0.05) is 32.7 Å². The third kappa shape index (κ3) is 3.82. The molecule has 0 aromatic carbocycles. The average Bonchev–Trinajstić information content (AvgIpc) is 2.71. The zero-order valence-electron chi connectivity index (χ0n) is 9.18. The van der Waals surface area contributed by atoms with Crippen molar-refractivity contribution in [2.24, 2.45) is 0 Å². The van der Waals surface area contributed by atoms with E-state index in [1.54, 1.807) is 13.3 Å². The number of nitrogens with zero attached hydrogens (tertiary/aromatic N) is 2. The van der Waals surface area contributed by atoms with Gasteiger partial charge in [0.25, 0.3) is 0 Å². The predicted octanol–water partition coefficient (Wildman–Crippen LogP) is -0.152. The first-order chi connectivity index (χ1) is 7.77. The van der Waals surface area contributed by atoms with Crippen molar-refractivity contribution in [2.45, 2.75) is 13.0 Å². The van der Waals surface area contributed by atoms with Gasteiger partial charge in [0.1, 0.15) is 6.54 Å². The number of carbonyl (C=O) groups is 2. The van der Waals surface area contributed by atoms with Gasteiger partial charge in [-0.3, -0.25) is 9.59 Å². The van der Waals surface area contributed by atoms with Crippen LogP contribution in [0.1, 0.15) is 17.0 Å². The van der Waals surface area contributed by atoms with E-state index >= 15 is 0 Å². The summed E-state index contributed by atoms with van der Waals surface area (Å²) in [5.74, 6) is 0.115. The molecular formula is C10H15N3O3. The molecular weight excluding hydrogens is 210 g/mol. The van der Waals surface area contributed by atoms with Crippen LogP contribution in [0.2, 0.25) is 0 Å². The average molecular weight is 225 g/mol. The van der Waals surface area contributed by atoms with Crippen molar-refractivity contribution >= 4 is 12.2 Å². The molecule has 0 unspecified atom stereocenters. The highest BCUT2D eigenvalue weighted by atomic mass is 16.5. The number of amides is 1. The number of imidazole rings is 1. The number of aromatic nitrogens is 2. The van der Waals surface area contributed by atoms with E-state index < -0.39 is 0 Å². The summed E-state index contributed by atoms with van der Waals surface area (Å²) in [6.45, 7) is 1.30. The maximum atomic E-state index is 11.4. The summed E-state index contributed by atoms with van der Waals surface area (Å²) in [7, 11) is 1.61. The molecule has 1 rings (SSSR count). The molecule has 0 aliphatic carbocycles. The van der Waals surface area contributed by atoms with Crippen LogP contribution in [0.5, 0.6) is 0 Å². The molecule has 6 nitrogen and oxygen atoms in total. The fraction of sp³-hybridized carbons (Fsp3) is 0.500. The first kappa shape index (κ1) is 12.4. The van der Waals surface area contributed by atoms with Gasteiger partial charge >= 0.3 is 0 Å². The van der Waals surface area contributed by atoms with Gasteiger partial charge in [-0.25, -0.2) is 4.98 Å². The summed E-state index contributed by atoms with van der Waals surface area (Å²) < 4.78 is 6.35. The summed E-state index contributed by atoms with van der Waals surface area (Å²) >= 11 is 0. The fourth-order valence-corrected chi connectivity index (χ4v) is 1.23. The normalized spacial score (nSPS) is 10.1. The van der Waals surface area contributed by atoms with E-state index in [1.165, 1.54) is 10.8 Å². The molecule has 0 spiro atoms. The highest BCUT2D eigenvalue weighted by Crippen LogP contribution is 1.93. The summed E-state index contributed by atoms with van der Waals surface area (Å²) in [6, 6.07) is 0. The SMILES string of the molecule is COCCCNC(=O)Cn1ccnc1C=O. The maximum absolute atomic E-state index is 11.4. The largest absolute Gasteiger partial charge is 0.385 e. The standard InChI is InChI=1S/C10H15N3O3/c1-16-6-2-3-12-10(15)7-13-5-4-11-9(13)8-14/h4-5,8H,2-3,6-7H2,1H3,(H,12,15). The molecule has 0 fully saturated rings. The van der Waals surface area contributed by atoms with Crippen LogP contribution in [0.4, 0.5) is 0 Å². The summed E-state index contributed by atoms with van der Waals surface area (Å²) in [6.07, 6.45) is 4.48. The molecule has 0 aliphatic rings. The molecule has 1 heterocycles. The minimum absolute atomic E-state index is 0.112. The lowest BCUT2D eigenvalue weighted by Gasteiger charge is -2.06. The number of ether oxygens (including phenoxy) is 1. The third-order valence-corrected chi connectivity index (χ3v) is 2.01. The number of hydrogen-bond acceptors (Lipinski definition) is 4. The van der Waals surface area contributed by atoms with Crippen LogP contribution in [-0.2, 0) is 16.1 Å². The second-order valence-electron chi connectivity index (χ2n) is 3.23. The summed E-state index contributed by atoms with van der Waals surface area (Å²) in [4.78, 5) is 25.8. The first-order valence-corrected chi connectivity index (χ1v) is 5.00. The van der Waals surface area contributed by atoms with Gasteiger partial charge in [-0.05, 0) is 6.42 Å². The van der Waals surface area contributed by atoms with Crippen molar-refractivity contribution < 1.29 is 14.3 Å². The van der Waals surface area contributed by atoms with Crippen LogP contribution < -0.4 is 5.32 Å². The van der Waals surface area contributed by atoms with Gasteiger partial charge in [0.2, 0.25) is 5.91 Å². The Morgan fingerprint density at radius 1 is 1.69 bits per heavy atom. The highest BCUT2D eigenvalue weighted by molar-refractivity contribution is 5.77. The van der Waals surface area contributed by atoms with Crippen molar-refractivity contribution in [3.63, 3.8) is 0 Å². The van der Waals surface area contributed by atoms with E-state index in [0.29, 0.717) is 19.4 Å². The van der Waals surface area contributed by atoms with Crippen molar-refractivity contribution in [2.75, 3.05) is 20.3 Å². The molecule has 1 aromatic heterocycles. The zero-order valence-corrected chi connectivity index (χ0v) is 9.18. The second kappa shape index (κ2) is 6.73. The third-order valence-electron chi connectivity index (χ3n) is 2.01. The lowest BCUT2D eigenvalue weighted by Crippen LogP contribution is -2.29. The number of aldehydes is 1. The van der Waals surface area contributed by atoms with Crippen LogP contribution in [0.15, 0.2) is 12.4 Å². The smallest absolute Gasteiger partial charge is 0.240 e. The van der Waals surface area contributed by atoms with Crippen LogP contribution in [0, 0.1) is 0 Å². The topological polar surface area (TPSA) is 73.2 Å². The Hall–Kier alpha value is -1.69. The molecule has 0 saturated heterocycles. The van der Waals surface area contributed by atoms with Crippen molar-refractivity contribution in [1.82, 2.24) is 14.9 Å². The lowest BCUT2D eigenvalue weighted by molar-refractivity contribution is -0.121. The number of carbonyl (C=O) groups excluding carboxylic acids is 2. The Morgan fingerprint density at radius 2 is 2.50 bits per heavy atom. The minimum atomic E-state index is -0.141. The van der Waals surface area contributed by atoms with Crippen LogP contribution in [0.3, 0.4) is 0 Å². The number of hydrogen-bond donors (Lipinski definition) is 1. The minimum Gasteiger partial charge on any atom is -0.385 e. The van der Waals surface area contributed by atoms with E-state index in [2.05, 4.69) is 10.3 Å². The van der Waals surface area contributed by atoms with Crippen LogP contribution >= 0.6 is 0 Å². The molecule has 6 heteroatoms. The Balaban J connectivity index is 2.31. The van der Waals surface area contributed by atoms with Gasteiger partial charge < -0.3 is 14.6 Å². The Kier molecular flexibility index (Phi) is 5.21. The van der Waals surface area contributed by atoms with Crippen molar-refractivity contribution in [3.8, 4) is 0 Å². The Labute approximate surface area is 93.6 Å². The quantitative estimate of drug-likeness (QED) is 0.517. The highest BCUT2D eigenvalue weighted by Gasteiger charge is 2.05. The zero-order chi connectivity index (χ0) is 11.8. The van der Waals surface area contributed by atoms with Crippen LogP contribution in [0.25, 0.3) is 0 Å². The number of nitrogens with one attached hydrogen (secondary N) is 1. The van der Waals surface area contributed by atoms with Gasteiger partial charge in [-0.15, -0.1) is 0 Å². The molecule has 0 atom stereocenters. The summed E-state index contributed by atoms with van der Waals surface area (Å²) in [5.41, 5.74) is 0. The van der Waals surface area contributed by atoms with Gasteiger partial charge in [0.05, 0.1) is 0 Å². The van der Waals surface area contributed by atoms with E-state index in [9.17, 15) is 9.59 Å². The molecule has 0 aliphatic heterocycles. The number of methoxy groups -OCH3 is 1. The predicted molar refractivity (Wildman–Crippen MR) is 57.1 cm³/mol. The molecule has 1 amide bonds. The molecule has 0 radical (unpaired) electrons. The summed E-state index contributed by atoms with van der Waals surface area (Å²) in [5, 5.41) is 2.72. The molecule has 16 heavy (non-hydrogen) atoms. The van der Waals surface area contributed by atoms with E-state index in [0.717, 1.165) is 6.42 Å². The monoisotopic (exact) mass is 225 g/mol. The van der Waals surface area contributed by atoms with Gasteiger partial charge in [-0.1, -0.05) is 0 Å². The lowest BCUT2D eigenvalue weighted by atomic mass is 10.4. The Bertz CT molecular complexity index is 349. The Morgan fingerprint density at radius 3 is 3.19 bits per heavy atom. The van der Waals surface area contributed by atoms with Gasteiger partial charge in [0.15, 0.2) is 12.1 Å². The van der Waals surface area contributed by atoms with E-state index in [1.807, 2.05) is 0 Å². The fourth-order valence-electron chi connectivity index (χ4n) is 1.23. The molecule has 0 bridgehead atoms. The molecule has 1 N–H and O–H groups in total. The number of rotatable bonds is 7. The first-order valence-electron chi connectivity index (χ1n) is 5.00. The van der Waals surface area contributed by atoms with Crippen molar-refractivity contribution in [3.05, 3.63) is 18.2 Å². The second-order valence-corrected chi connectivity index (χ2v) is 3.23. The molecule has 88 valence electrons. The van der Waals surface area contributed by atoms with E-state index in [-0.39, 0.29) is 18.3 Å². The van der Waals surface area contributed by atoms with Gasteiger partial charge in [-0.2, -0.15) is 0 Å². The van der Waals surface area contributed by atoms with Crippen LogP contribution in [-0.4, -0.2) is 42.0 Å². The van der Waals surface area contributed by atoms with Crippen molar-refractivity contribution in [1.29, 1.82) is 0 Å². The molecule has 0 saturated carbocycles.